The second kappa shape index (κ2) is 13.5. The van der Waals surface area contributed by atoms with Gasteiger partial charge < -0.3 is 14.9 Å². The van der Waals surface area contributed by atoms with Gasteiger partial charge in [0.25, 0.3) is 0 Å². The molecule has 0 aromatic rings. The Bertz CT molecular complexity index is 312. The van der Waals surface area contributed by atoms with E-state index in [1.165, 1.54) is 6.26 Å². The van der Waals surface area contributed by atoms with E-state index in [0.29, 0.717) is 0 Å². The Labute approximate surface area is 109 Å². The minimum absolute atomic E-state index is 0.100. The van der Waals surface area contributed by atoms with E-state index < -0.39 is 6.10 Å². The first-order chi connectivity index (χ1) is 8.81. The van der Waals surface area contributed by atoms with E-state index in [2.05, 4.69) is 13.0 Å². The number of rotatable bonds is 9. The van der Waals surface area contributed by atoms with E-state index in [4.69, 9.17) is 14.9 Å². The number of allylic oxidation sites excluding steroid dienone is 9. The zero-order chi connectivity index (χ0) is 13.5. The van der Waals surface area contributed by atoms with E-state index in [1.807, 2.05) is 42.5 Å². The summed E-state index contributed by atoms with van der Waals surface area (Å²) in [6.07, 6.45) is 19.0. The van der Waals surface area contributed by atoms with Gasteiger partial charge in [0.2, 0.25) is 0 Å². The maximum absolute atomic E-state index is 8.97. The van der Waals surface area contributed by atoms with Gasteiger partial charge in [0.15, 0.2) is 0 Å². The summed E-state index contributed by atoms with van der Waals surface area (Å²) in [5, 5.41) is 17.5. The molecule has 0 rings (SSSR count). The molecule has 0 fully saturated rings. The summed E-state index contributed by atoms with van der Waals surface area (Å²) in [6.45, 7) is 1.91. The highest BCUT2D eigenvalue weighted by molar-refractivity contribution is 5.17. The second-order valence-corrected chi connectivity index (χ2v) is 3.49. The number of aliphatic hydroxyl groups is 2. The molecule has 0 unspecified atom stereocenters. The largest absolute Gasteiger partial charge is 0.498 e. The van der Waals surface area contributed by atoms with Gasteiger partial charge in [-0.3, -0.25) is 0 Å². The molecule has 100 valence electrons. The van der Waals surface area contributed by atoms with E-state index in [-0.39, 0.29) is 13.2 Å². The maximum Gasteiger partial charge on any atom is 0.115 e. The molecule has 0 heterocycles. The summed E-state index contributed by atoms with van der Waals surface area (Å²) in [7, 11) is 0. The molecule has 0 saturated heterocycles. The molecule has 0 saturated carbocycles. The van der Waals surface area contributed by atoms with Crippen LogP contribution in [0.15, 0.2) is 60.9 Å². The Balaban J connectivity index is 3.64. The molecule has 3 heteroatoms. The van der Waals surface area contributed by atoms with E-state index in [1.54, 1.807) is 6.08 Å². The lowest BCUT2D eigenvalue weighted by atomic mass is 10.3. The van der Waals surface area contributed by atoms with Crippen molar-refractivity contribution in [3.8, 4) is 0 Å². The molecular weight excluding hydrogens is 228 g/mol. The Morgan fingerprint density at radius 2 is 1.50 bits per heavy atom. The first-order valence-electron chi connectivity index (χ1n) is 6.03. The SMILES string of the molecule is CC/C=C/C=C/C=C/C=C/C=C\OC[C@@H](O)CO. The highest BCUT2D eigenvalue weighted by atomic mass is 16.5. The second-order valence-electron chi connectivity index (χ2n) is 3.49. The molecule has 2 N–H and O–H groups in total. The summed E-state index contributed by atoms with van der Waals surface area (Å²) < 4.78 is 4.97. The van der Waals surface area contributed by atoms with Crippen LogP contribution >= 0.6 is 0 Å². The maximum atomic E-state index is 8.97. The zero-order valence-corrected chi connectivity index (χ0v) is 10.8. The summed E-state index contributed by atoms with van der Waals surface area (Å²) in [6, 6.07) is 0. The summed E-state index contributed by atoms with van der Waals surface area (Å²) in [5.41, 5.74) is 0. The van der Waals surface area contributed by atoms with Gasteiger partial charge in [-0.2, -0.15) is 0 Å². The van der Waals surface area contributed by atoms with Crippen molar-refractivity contribution in [2.24, 2.45) is 0 Å². The van der Waals surface area contributed by atoms with Crippen LogP contribution in [0.2, 0.25) is 0 Å². The molecule has 3 nitrogen and oxygen atoms in total. The minimum atomic E-state index is -0.820. The predicted octanol–water partition coefficient (Wildman–Crippen LogP) is 2.50. The normalized spacial score (nSPS) is 14.8. The molecule has 0 aliphatic carbocycles. The fraction of sp³-hybridized carbons (Fsp3) is 0.333. The van der Waals surface area contributed by atoms with Crippen LogP contribution in [0.4, 0.5) is 0 Å². The summed E-state index contributed by atoms with van der Waals surface area (Å²) in [4.78, 5) is 0. The number of ether oxygens (including phenoxy) is 1. The van der Waals surface area contributed by atoms with Gasteiger partial charge in [-0.25, -0.2) is 0 Å². The third-order valence-corrected chi connectivity index (χ3v) is 1.82. The molecule has 0 radical (unpaired) electrons. The molecule has 0 spiro atoms. The van der Waals surface area contributed by atoms with Gasteiger partial charge in [-0.1, -0.05) is 55.5 Å². The molecule has 1 atom stereocenters. The molecular formula is C15H22O3. The molecule has 0 bridgehead atoms. The van der Waals surface area contributed by atoms with Crippen molar-refractivity contribution in [3.05, 3.63) is 60.9 Å². The average Bonchev–Trinajstić information content (AvgIpc) is 2.39. The van der Waals surface area contributed by atoms with Crippen molar-refractivity contribution in [2.45, 2.75) is 19.4 Å². The predicted molar refractivity (Wildman–Crippen MR) is 75.0 cm³/mol. The molecule has 18 heavy (non-hydrogen) atoms. The smallest absolute Gasteiger partial charge is 0.115 e. The van der Waals surface area contributed by atoms with Crippen LogP contribution in [-0.2, 0) is 4.74 Å². The highest BCUT2D eigenvalue weighted by Crippen LogP contribution is 1.87. The average molecular weight is 250 g/mol. The molecule has 0 amide bonds. The number of hydrogen-bond donors (Lipinski definition) is 2. The molecule has 0 aliphatic rings. The fourth-order valence-corrected chi connectivity index (χ4v) is 0.920. The van der Waals surface area contributed by atoms with Crippen molar-refractivity contribution >= 4 is 0 Å². The monoisotopic (exact) mass is 250 g/mol. The lowest BCUT2D eigenvalue weighted by Gasteiger charge is -2.04. The summed E-state index contributed by atoms with van der Waals surface area (Å²) in [5.74, 6) is 0. The summed E-state index contributed by atoms with van der Waals surface area (Å²) >= 11 is 0. The zero-order valence-electron chi connectivity index (χ0n) is 10.8. The van der Waals surface area contributed by atoms with Gasteiger partial charge in [-0.15, -0.1) is 0 Å². The molecule has 0 aromatic heterocycles. The first-order valence-corrected chi connectivity index (χ1v) is 6.03. The van der Waals surface area contributed by atoms with Crippen LogP contribution in [0.25, 0.3) is 0 Å². The third kappa shape index (κ3) is 12.5. The number of hydrogen-bond acceptors (Lipinski definition) is 3. The van der Waals surface area contributed by atoms with Crippen LogP contribution in [-0.4, -0.2) is 29.5 Å². The van der Waals surface area contributed by atoms with Gasteiger partial charge in [0.1, 0.15) is 12.7 Å². The molecule has 0 aromatic carbocycles. The van der Waals surface area contributed by atoms with Gasteiger partial charge in [-0.05, 0) is 12.5 Å². The lowest BCUT2D eigenvalue weighted by Crippen LogP contribution is -2.17. The van der Waals surface area contributed by atoms with Crippen LogP contribution in [0.3, 0.4) is 0 Å². The Morgan fingerprint density at radius 1 is 0.944 bits per heavy atom. The van der Waals surface area contributed by atoms with E-state index >= 15 is 0 Å². The van der Waals surface area contributed by atoms with Crippen molar-refractivity contribution in [3.63, 3.8) is 0 Å². The van der Waals surface area contributed by atoms with Crippen molar-refractivity contribution in [2.75, 3.05) is 13.2 Å². The lowest BCUT2D eigenvalue weighted by molar-refractivity contribution is 0.0384. The molecule has 0 aliphatic heterocycles. The highest BCUT2D eigenvalue weighted by Gasteiger charge is 1.98. The van der Waals surface area contributed by atoms with Crippen LogP contribution in [0.5, 0.6) is 0 Å². The first kappa shape index (κ1) is 16.4. The van der Waals surface area contributed by atoms with Crippen LogP contribution < -0.4 is 0 Å². The fourth-order valence-electron chi connectivity index (χ4n) is 0.920. The Hall–Kier alpha value is -1.58. The van der Waals surface area contributed by atoms with Crippen LogP contribution in [0.1, 0.15) is 13.3 Å². The number of aliphatic hydroxyl groups excluding tert-OH is 2. The van der Waals surface area contributed by atoms with Crippen molar-refractivity contribution in [1.82, 2.24) is 0 Å². The van der Waals surface area contributed by atoms with E-state index in [9.17, 15) is 0 Å². The van der Waals surface area contributed by atoms with Crippen molar-refractivity contribution < 1.29 is 14.9 Å². The topological polar surface area (TPSA) is 49.7 Å². The Morgan fingerprint density at radius 3 is 2.06 bits per heavy atom. The van der Waals surface area contributed by atoms with Crippen LogP contribution in [0, 0.1) is 0 Å². The van der Waals surface area contributed by atoms with Gasteiger partial charge in [0.05, 0.1) is 12.9 Å². The van der Waals surface area contributed by atoms with Gasteiger partial charge >= 0.3 is 0 Å². The van der Waals surface area contributed by atoms with Crippen molar-refractivity contribution in [1.29, 1.82) is 0 Å². The minimum Gasteiger partial charge on any atom is -0.498 e. The van der Waals surface area contributed by atoms with E-state index in [0.717, 1.165) is 6.42 Å². The quantitative estimate of drug-likeness (QED) is 0.488. The standard InChI is InChI=1S/C15H22O3/c1-2-3-4-5-6-7-8-9-10-11-12-18-14-15(17)13-16/h3-12,15-17H,2,13-14H2,1H3/b4-3+,6-5+,8-7+,10-9+,12-11-/t15-/m0/s1. The van der Waals surface area contributed by atoms with Gasteiger partial charge in [0, 0.05) is 0 Å². The third-order valence-electron chi connectivity index (χ3n) is 1.82. The Kier molecular flexibility index (Phi) is 12.3.